The fourth-order valence-corrected chi connectivity index (χ4v) is 5.41. The lowest BCUT2D eigenvalue weighted by Gasteiger charge is -2.27. The van der Waals surface area contributed by atoms with Gasteiger partial charge in [0.15, 0.2) is 0 Å². The molecule has 0 heterocycles. The Kier molecular flexibility index (Phi) is 26.1. The van der Waals surface area contributed by atoms with Gasteiger partial charge in [-0.05, 0) is 152 Å². The molecule has 342 valence electrons. The van der Waals surface area contributed by atoms with Crippen LogP contribution in [0.5, 0.6) is 0 Å². The van der Waals surface area contributed by atoms with Crippen LogP contribution in [0.2, 0.25) is 0 Å². The molecule has 59 heavy (non-hydrogen) atoms. The summed E-state index contributed by atoms with van der Waals surface area (Å²) in [4.78, 5) is 91.4. The van der Waals surface area contributed by atoms with E-state index in [0.29, 0.717) is 64.5 Å². The van der Waals surface area contributed by atoms with Crippen molar-refractivity contribution < 1.29 is 52.5 Å². The number of ether oxygens (including phenoxy) is 4. The first-order valence-electron chi connectivity index (χ1n) is 20.7. The topological polar surface area (TPSA) is 281 Å². The van der Waals surface area contributed by atoms with Crippen molar-refractivity contribution in [2.45, 2.75) is 180 Å². The van der Waals surface area contributed by atoms with E-state index >= 15 is 0 Å². The summed E-state index contributed by atoms with van der Waals surface area (Å²) in [5.41, 5.74) is 9.10. The molecule has 10 N–H and O–H groups in total. The van der Waals surface area contributed by atoms with Gasteiger partial charge in [0.2, 0.25) is 17.7 Å². The normalized spacial score (nSPS) is 13.7. The molecule has 0 fully saturated rings. The Morgan fingerprint density at radius 2 is 0.746 bits per heavy atom. The number of rotatable bonds is 26. The van der Waals surface area contributed by atoms with Gasteiger partial charge in [-0.1, -0.05) is 0 Å². The van der Waals surface area contributed by atoms with Gasteiger partial charge >= 0.3 is 24.2 Å². The number of carbonyl (C=O) groups excluding carboxylic acids is 7. The average Bonchev–Trinajstić information content (AvgIpc) is 3.10. The highest BCUT2D eigenvalue weighted by Gasteiger charge is 2.32. The highest BCUT2D eigenvalue weighted by Crippen LogP contribution is 2.13. The summed E-state index contributed by atoms with van der Waals surface area (Å²) in [5.74, 6) is -2.66. The third kappa shape index (κ3) is 28.6. The van der Waals surface area contributed by atoms with Crippen molar-refractivity contribution in [3.63, 3.8) is 0 Å². The van der Waals surface area contributed by atoms with Crippen LogP contribution in [0.3, 0.4) is 0 Å². The van der Waals surface area contributed by atoms with Crippen LogP contribution >= 0.6 is 0 Å². The van der Waals surface area contributed by atoms with Gasteiger partial charge in [0.25, 0.3) is 0 Å². The fourth-order valence-electron chi connectivity index (χ4n) is 5.41. The second-order valence-corrected chi connectivity index (χ2v) is 17.3. The van der Waals surface area contributed by atoms with Crippen LogP contribution in [0.25, 0.3) is 0 Å². The number of hydrogen-bond acceptors (Lipinski definition) is 13. The first-order chi connectivity index (χ1) is 27.4. The Labute approximate surface area is 351 Å². The third-order valence-electron chi connectivity index (χ3n) is 8.15. The van der Waals surface area contributed by atoms with E-state index in [1.807, 2.05) is 0 Å². The van der Waals surface area contributed by atoms with E-state index in [1.54, 1.807) is 62.3 Å². The SMILES string of the molecule is COC(=O)C(CCCCN)NC(=O)[C@H](CCCCNC(=O)OC(C)(C)C)NC(=O)[C@H](CCCCNC(=O)OC(C)(C)C)NC(=O)[C@H](CCCCN)NC(=O)OC(C)(C)C. The minimum absolute atomic E-state index is 0.0908. The number of unbranched alkanes of at least 4 members (excludes halogenated alkanes) is 4. The number of amides is 6. The molecule has 1 unspecified atom stereocenters. The fraction of sp³-hybridized carbons (Fsp3) is 0.825. The Bertz CT molecular complexity index is 1310. The second kappa shape index (κ2) is 28.1. The molecule has 0 aliphatic carbocycles. The summed E-state index contributed by atoms with van der Waals surface area (Å²) < 4.78 is 20.9. The molecule has 0 radical (unpaired) electrons. The molecule has 6 amide bonds. The van der Waals surface area contributed by atoms with Crippen LogP contribution in [0.1, 0.15) is 139 Å². The van der Waals surface area contributed by atoms with Gasteiger partial charge in [-0.2, -0.15) is 0 Å². The Balaban J connectivity index is 6.37. The van der Waals surface area contributed by atoms with E-state index in [1.165, 1.54) is 7.11 Å². The number of hydrogen-bond donors (Lipinski definition) is 8. The molecule has 4 atom stereocenters. The van der Waals surface area contributed by atoms with Gasteiger partial charge < -0.3 is 62.3 Å². The van der Waals surface area contributed by atoms with Crippen LogP contribution < -0.4 is 43.4 Å². The molecule has 0 bridgehead atoms. The maximum absolute atomic E-state index is 14.1. The van der Waals surface area contributed by atoms with E-state index in [2.05, 4.69) is 31.9 Å². The molecule has 0 aliphatic rings. The number of nitrogens with two attached hydrogens (primary N) is 2. The van der Waals surface area contributed by atoms with Gasteiger partial charge in [0.1, 0.15) is 41.0 Å². The van der Waals surface area contributed by atoms with E-state index < -0.39 is 82.9 Å². The smallest absolute Gasteiger partial charge is 0.408 e. The minimum Gasteiger partial charge on any atom is -0.467 e. The molecule has 0 aromatic rings. The Morgan fingerprint density at radius 3 is 1.08 bits per heavy atom. The van der Waals surface area contributed by atoms with Crippen molar-refractivity contribution >= 4 is 42.0 Å². The molecular formula is C40H76N8O11. The predicted octanol–water partition coefficient (Wildman–Crippen LogP) is 3.16. The molecular weight excluding hydrogens is 768 g/mol. The minimum atomic E-state index is -1.19. The van der Waals surface area contributed by atoms with Crippen molar-refractivity contribution in [3.05, 3.63) is 0 Å². The molecule has 0 saturated heterocycles. The summed E-state index contributed by atoms with van der Waals surface area (Å²) >= 11 is 0. The molecule has 0 aromatic carbocycles. The zero-order valence-electron chi connectivity index (χ0n) is 37.3. The first kappa shape index (κ1) is 54.6. The van der Waals surface area contributed by atoms with Crippen LogP contribution in [-0.4, -0.2) is 116 Å². The van der Waals surface area contributed by atoms with Crippen molar-refractivity contribution in [1.82, 2.24) is 31.9 Å². The highest BCUT2D eigenvalue weighted by atomic mass is 16.6. The van der Waals surface area contributed by atoms with Crippen molar-refractivity contribution in [3.8, 4) is 0 Å². The summed E-state index contributed by atoms with van der Waals surface area (Å²) in [6.07, 6.45) is 2.40. The van der Waals surface area contributed by atoms with Crippen LogP contribution in [0, 0.1) is 0 Å². The molecule has 0 spiro atoms. The standard InChI is InChI=1S/C40H76N8O11/c1-38(2,3)57-35(53)43-25-17-13-20-27(46-33(51)29(19-11-15-23-41)48-37(55)59-40(7,8)9)31(49)45-28(21-14-18-26-44-36(54)58-39(4,5)6)32(50)47-30(34(52)56-10)22-12-16-24-42/h27-30H,11-26,41-42H2,1-10H3,(H,43,53)(H,44,54)(H,45,49)(H,46,51)(H,47,50)(H,48,55)/t27-,28-,29-,30?/m0/s1. The largest absolute Gasteiger partial charge is 0.467 e. The summed E-state index contributed by atoms with van der Waals surface area (Å²) in [6.45, 7) is 16.7. The lowest BCUT2D eigenvalue weighted by molar-refractivity contribution is -0.145. The summed E-state index contributed by atoms with van der Waals surface area (Å²) in [5, 5.41) is 16.1. The van der Waals surface area contributed by atoms with E-state index in [4.69, 9.17) is 30.4 Å². The van der Waals surface area contributed by atoms with Crippen LogP contribution in [-0.2, 0) is 38.1 Å². The van der Waals surface area contributed by atoms with Crippen molar-refractivity contribution in [1.29, 1.82) is 0 Å². The van der Waals surface area contributed by atoms with Gasteiger partial charge in [-0.15, -0.1) is 0 Å². The zero-order valence-corrected chi connectivity index (χ0v) is 37.3. The van der Waals surface area contributed by atoms with Crippen molar-refractivity contribution in [2.24, 2.45) is 11.5 Å². The average molecular weight is 845 g/mol. The van der Waals surface area contributed by atoms with Gasteiger partial charge in [0.05, 0.1) is 7.11 Å². The van der Waals surface area contributed by atoms with Crippen LogP contribution in [0.4, 0.5) is 14.4 Å². The van der Waals surface area contributed by atoms with Gasteiger partial charge in [-0.3, -0.25) is 14.4 Å². The summed E-state index contributed by atoms with van der Waals surface area (Å²) in [6, 6.07) is -4.44. The number of carbonyl (C=O) groups is 7. The van der Waals surface area contributed by atoms with E-state index in [-0.39, 0.29) is 38.8 Å². The molecule has 0 aliphatic heterocycles. The first-order valence-corrected chi connectivity index (χ1v) is 20.7. The van der Waals surface area contributed by atoms with Crippen molar-refractivity contribution in [2.75, 3.05) is 33.3 Å². The zero-order chi connectivity index (χ0) is 45.2. The third-order valence-corrected chi connectivity index (χ3v) is 8.15. The highest BCUT2D eigenvalue weighted by molar-refractivity contribution is 5.94. The van der Waals surface area contributed by atoms with Gasteiger partial charge in [0, 0.05) is 13.1 Å². The predicted molar refractivity (Wildman–Crippen MR) is 223 cm³/mol. The maximum atomic E-state index is 14.1. The lowest BCUT2D eigenvalue weighted by atomic mass is 10.0. The quantitative estimate of drug-likeness (QED) is 0.0353. The molecule has 0 aromatic heterocycles. The molecule has 19 heteroatoms. The molecule has 19 nitrogen and oxygen atoms in total. The number of esters is 1. The number of nitrogens with one attached hydrogen (secondary N) is 6. The second-order valence-electron chi connectivity index (χ2n) is 17.3. The van der Waals surface area contributed by atoms with E-state index in [9.17, 15) is 33.6 Å². The number of methoxy groups -OCH3 is 1. The lowest BCUT2D eigenvalue weighted by Crippen LogP contribution is -2.58. The Hall–Kier alpha value is -4.39. The number of alkyl carbamates (subject to hydrolysis) is 3. The van der Waals surface area contributed by atoms with Crippen LogP contribution in [0.15, 0.2) is 0 Å². The van der Waals surface area contributed by atoms with E-state index in [0.717, 1.165) is 0 Å². The monoisotopic (exact) mass is 845 g/mol. The maximum Gasteiger partial charge on any atom is 0.408 e. The Morgan fingerprint density at radius 1 is 0.441 bits per heavy atom. The van der Waals surface area contributed by atoms with Gasteiger partial charge in [-0.25, -0.2) is 19.2 Å². The summed E-state index contributed by atoms with van der Waals surface area (Å²) in [7, 11) is 1.21. The molecule has 0 saturated carbocycles. The molecule has 0 rings (SSSR count).